The molecule has 0 fully saturated rings. The van der Waals surface area contributed by atoms with Crippen LogP contribution in [0.2, 0.25) is 0 Å². The zero-order valence-corrected chi connectivity index (χ0v) is 9.66. The predicted molar refractivity (Wildman–Crippen MR) is 63.8 cm³/mol. The number of aliphatic hydroxyl groups is 1. The molecule has 0 radical (unpaired) electrons. The summed E-state index contributed by atoms with van der Waals surface area (Å²) >= 11 is 0. The van der Waals surface area contributed by atoms with Gasteiger partial charge < -0.3 is 10.4 Å². The van der Waals surface area contributed by atoms with Crippen LogP contribution in [0.3, 0.4) is 0 Å². The first-order chi connectivity index (χ1) is 7.17. The Morgan fingerprint density at radius 3 is 2.53 bits per heavy atom. The van der Waals surface area contributed by atoms with Crippen molar-refractivity contribution in [3.05, 3.63) is 35.9 Å². The van der Waals surface area contributed by atoms with E-state index in [-0.39, 0.29) is 0 Å². The number of nitrogens with one attached hydrogen (secondary N) is 1. The monoisotopic (exact) mass is 207 g/mol. The van der Waals surface area contributed by atoms with Crippen LogP contribution in [-0.4, -0.2) is 18.2 Å². The van der Waals surface area contributed by atoms with Gasteiger partial charge in [-0.15, -0.1) is 0 Å². The number of hydrogen-bond acceptors (Lipinski definition) is 2. The van der Waals surface area contributed by atoms with Crippen molar-refractivity contribution in [1.29, 1.82) is 0 Å². The highest BCUT2D eigenvalue weighted by Crippen LogP contribution is 2.18. The Labute approximate surface area is 92.3 Å². The number of rotatable bonds is 6. The minimum atomic E-state index is -0.769. The summed E-state index contributed by atoms with van der Waals surface area (Å²) in [6.07, 6.45) is 2.34. The molecule has 2 nitrogen and oxygen atoms in total. The maximum Gasteiger partial charge on any atom is 0.0992 e. The molecule has 1 atom stereocenters. The molecule has 0 aromatic heterocycles. The fourth-order valence-corrected chi connectivity index (χ4v) is 1.53. The van der Waals surface area contributed by atoms with Crippen LogP contribution in [-0.2, 0) is 5.60 Å². The molecular weight excluding hydrogens is 186 g/mol. The normalized spacial score (nSPS) is 14.9. The molecule has 0 bridgehead atoms. The van der Waals surface area contributed by atoms with Gasteiger partial charge in [0.15, 0.2) is 0 Å². The fraction of sp³-hybridized carbons (Fsp3) is 0.538. The van der Waals surface area contributed by atoms with E-state index in [4.69, 9.17) is 0 Å². The van der Waals surface area contributed by atoms with Gasteiger partial charge in [0, 0.05) is 6.54 Å². The van der Waals surface area contributed by atoms with Gasteiger partial charge >= 0.3 is 0 Å². The second-order valence-electron chi connectivity index (χ2n) is 4.17. The van der Waals surface area contributed by atoms with Crippen LogP contribution in [0.5, 0.6) is 0 Å². The maximum absolute atomic E-state index is 10.2. The van der Waals surface area contributed by atoms with Gasteiger partial charge in [0.2, 0.25) is 0 Å². The van der Waals surface area contributed by atoms with Crippen molar-refractivity contribution in [3.63, 3.8) is 0 Å². The molecule has 0 heterocycles. The highest BCUT2D eigenvalue weighted by molar-refractivity contribution is 5.21. The molecule has 1 aromatic rings. The zero-order valence-electron chi connectivity index (χ0n) is 9.66. The van der Waals surface area contributed by atoms with E-state index >= 15 is 0 Å². The predicted octanol–water partition coefficient (Wildman–Crippen LogP) is 2.28. The third-order valence-corrected chi connectivity index (χ3v) is 2.57. The zero-order chi connectivity index (χ0) is 11.1. The Morgan fingerprint density at radius 2 is 1.93 bits per heavy atom. The lowest BCUT2D eigenvalue weighted by atomic mass is 9.96. The van der Waals surface area contributed by atoms with Crippen molar-refractivity contribution in [2.24, 2.45) is 0 Å². The largest absolute Gasteiger partial charge is 0.384 e. The van der Waals surface area contributed by atoms with Crippen molar-refractivity contribution in [2.75, 3.05) is 13.1 Å². The van der Waals surface area contributed by atoms with Gasteiger partial charge in [0.1, 0.15) is 0 Å². The van der Waals surface area contributed by atoms with E-state index in [1.165, 1.54) is 6.42 Å². The molecule has 2 heteroatoms. The molecule has 0 spiro atoms. The summed E-state index contributed by atoms with van der Waals surface area (Å²) in [6.45, 7) is 5.59. The molecule has 1 unspecified atom stereocenters. The van der Waals surface area contributed by atoms with Crippen LogP contribution in [0.1, 0.15) is 32.3 Å². The second kappa shape index (κ2) is 5.89. The lowest BCUT2D eigenvalue weighted by Gasteiger charge is -2.24. The highest BCUT2D eigenvalue weighted by Gasteiger charge is 2.21. The third kappa shape index (κ3) is 4.02. The molecule has 0 saturated heterocycles. The molecule has 0 aliphatic rings. The molecule has 0 amide bonds. The van der Waals surface area contributed by atoms with Gasteiger partial charge in [-0.2, -0.15) is 0 Å². The Kier molecular flexibility index (Phi) is 4.79. The van der Waals surface area contributed by atoms with Crippen molar-refractivity contribution >= 4 is 0 Å². The van der Waals surface area contributed by atoms with Crippen molar-refractivity contribution in [3.8, 4) is 0 Å². The Morgan fingerprint density at radius 1 is 1.27 bits per heavy atom. The summed E-state index contributed by atoms with van der Waals surface area (Å²) in [5.41, 5.74) is 0.198. The number of benzene rings is 1. The molecule has 0 saturated carbocycles. The summed E-state index contributed by atoms with van der Waals surface area (Å²) in [5.74, 6) is 0. The van der Waals surface area contributed by atoms with E-state index in [1.807, 2.05) is 37.3 Å². The molecule has 1 rings (SSSR count). The minimum Gasteiger partial charge on any atom is -0.384 e. The first-order valence-electron chi connectivity index (χ1n) is 5.65. The highest BCUT2D eigenvalue weighted by atomic mass is 16.3. The molecule has 2 N–H and O–H groups in total. The molecule has 84 valence electrons. The van der Waals surface area contributed by atoms with Gasteiger partial charge in [-0.3, -0.25) is 0 Å². The average Bonchev–Trinajstić information content (AvgIpc) is 2.26. The Balaban J connectivity index is 2.45. The first kappa shape index (κ1) is 12.2. The summed E-state index contributed by atoms with van der Waals surface area (Å²) in [6, 6.07) is 9.79. The van der Waals surface area contributed by atoms with Crippen LogP contribution >= 0.6 is 0 Å². The number of unbranched alkanes of at least 4 members (excludes halogenated alkanes) is 1. The quantitative estimate of drug-likeness (QED) is 0.701. The van der Waals surface area contributed by atoms with Gasteiger partial charge in [-0.1, -0.05) is 43.7 Å². The SMILES string of the molecule is CCCCNCC(C)(O)c1ccccc1. The topological polar surface area (TPSA) is 32.3 Å². The van der Waals surface area contributed by atoms with Gasteiger partial charge in [-0.05, 0) is 25.5 Å². The van der Waals surface area contributed by atoms with Crippen LogP contribution in [0.15, 0.2) is 30.3 Å². The lowest BCUT2D eigenvalue weighted by molar-refractivity contribution is 0.0571. The Hall–Kier alpha value is -0.860. The fourth-order valence-electron chi connectivity index (χ4n) is 1.53. The first-order valence-corrected chi connectivity index (χ1v) is 5.65. The van der Waals surface area contributed by atoms with Crippen LogP contribution in [0.25, 0.3) is 0 Å². The summed E-state index contributed by atoms with van der Waals surface area (Å²) in [5, 5.41) is 13.5. The number of hydrogen-bond donors (Lipinski definition) is 2. The Bertz CT molecular complexity index is 269. The third-order valence-electron chi connectivity index (χ3n) is 2.57. The summed E-state index contributed by atoms with van der Waals surface area (Å²) < 4.78 is 0. The molecule has 0 aliphatic carbocycles. The second-order valence-corrected chi connectivity index (χ2v) is 4.17. The van der Waals surface area contributed by atoms with E-state index < -0.39 is 5.60 Å². The van der Waals surface area contributed by atoms with Crippen LogP contribution in [0.4, 0.5) is 0 Å². The van der Waals surface area contributed by atoms with E-state index in [0.717, 1.165) is 18.5 Å². The van der Waals surface area contributed by atoms with Gasteiger partial charge in [0.25, 0.3) is 0 Å². The summed E-state index contributed by atoms with van der Waals surface area (Å²) in [7, 11) is 0. The molecule has 0 aliphatic heterocycles. The molecule has 1 aromatic carbocycles. The van der Waals surface area contributed by atoms with Crippen molar-refractivity contribution in [2.45, 2.75) is 32.3 Å². The lowest BCUT2D eigenvalue weighted by Crippen LogP contribution is -2.35. The maximum atomic E-state index is 10.2. The van der Waals surface area contributed by atoms with E-state index in [0.29, 0.717) is 6.54 Å². The van der Waals surface area contributed by atoms with Gasteiger partial charge in [0.05, 0.1) is 5.60 Å². The van der Waals surface area contributed by atoms with E-state index in [9.17, 15) is 5.11 Å². The molecule has 15 heavy (non-hydrogen) atoms. The smallest absolute Gasteiger partial charge is 0.0992 e. The van der Waals surface area contributed by atoms with Gasteiger partial charge in [-0.25, -0.2) is 0 Å². The van der Waals surface area contributed by atoms with Crippen molar-refractivity contribution < 1.29 is 5.11 Å². The van der Waals surface area contributed by atoms with Crippen LogP contribution < -0.4 is 5.32 Å². The van der Waals surface area contributed by atoms with Crippen molar-refractivity contribution in [1.82, 2.24) is 5.32 Å². The molecular formula is C13H21NO. The van der Waals surface area contributed by atoms with Crippen LogP contribution in [0, 0.1) is 0 Å². The minimum absolute atomic E-state index is 0.608. The average molecular weight is 207 g/mol. The van der Waals surface area contributed by atoms with E-state index in [1.54, 1.807) is 0 Å². The van der Waals surface area contributed by atoms with E-state index in [2.05, 4.69) is 12.2 Å². The standard InChI is InChI=1S/C13H21NO/c1-3-4-10-14-11-13(2,15)12-8-6-5-7-9-12/h5-9,14-15H,3-4,10-11H2,1-2H3. The summed E-state index contributed by atoms with van der Waals surface area (Å²) in [4.78, 5) is 0.